The summed E-state index contributed by atoms with van der Waals surface area (Å²) < 4.78 is 21.5. The van der Waals surface area contributed by atoms with Crippen molar-refractivity contribution in [1.29, 1.82) is 0 Å². The normalized spacial score (nSPS) is 10.7. The molecule has 0 radical (unpaired) electrons. The summed E-state index contributed by atoms with van der Waals surface area (Å²) in [6.07, 6.45) is 0. The first-order valence-corrected chi connectivity index (χ1v) is 9.74. The van der Waals surface area contributed by atoms with Gasteiger partial charge in [-0.2, -0.15) is 4.98 Å². The number of thiazole rings is 1. The van der Waals surface area contributed by atoms with Crippen LogP contribution >= 0.6 is 11.3 Å². The lowest BCUT2D eigenvalue weighted by molar-refractivity contribution is 0.302. The van der Waals surface area contributed by atoms with Crippen LogP contribution in [0.15, 0.2) is 52.4 Å². The minimum absolute atomic E-state index is 0.379. The third kappa shape index (κ3) is 4.22. The largest absolute Gasteiger partial charge is 0.493 e. The second kappa shape index (κ2) is 8.32. The highest BCUT2D eigenvalue weighted by molar-refractivity contribution is 7.13. The van der Waals surface area contributed by atoms with E-state index < -0.39 is 0 Å². The number of hydrogen-bond acceptors (Lipinski definition) is 8. The molecule has 0 unspecified atom stereocenters. The zero-order chi connectivity index (χ0) is 20.2. The van der Waals surface area contributed by atoms with Crippen molar-refractivity contribution in [2.24, 2.45) is 0 Å². The quantitative estimate of drug-likeness (QED) is 0.435. The first kappa shape index (κ1) is 18.9. The van der Waals surface area contributed by atoms with Gasteiger partial charge in [0.2, 0.25) is 11.7 Å². The SMILES string of the molecule is COc1ccc(-c2nc(COc3ccc(-c4noc(C)n4)cc3)cs2)cc1OC. The Balaban J connectivity index is 1.42. The number of hydrogen-bond donors (Lipinski definition) is 0. The Labute approximate surface area is 171 Å². The highest BCUT2D eigenvalue weighted by atomic mass is 32.1. The van der Waals surface area contributed by atoms with Crippen LogP contribution in [-0.2, 0) is 6.61 Å². The van der Waals surface area contributed by atoms with Crippen molar-refractivity contribution in [3.63, 3.8) is 0 Å². The molecule has 0 bridgehead atoms. The average Bonchev–Trinajstić information content (AvgIpc) is 3.41. The predicted octanol–water partition coefficient (Wildman–Crippen LogP) is 4.76. The zero-order valence-electron chi connectivity index (χ0n) is 16.2. The molecule has 0 saturated carbocycles. The van der Waals surface area contributed by atoms with Gasteiger partial charge in [0.1, 0.15) is 17.4 Å². The Kier molecular flexibility index (Phi) is 5.44. The highest BCUT2D eigenvalue weighted by Crippen LogP contribution is 2.33. The minimum atomic E-state index is 0.379. The molecular formula is C21H19N3O4S. The number of aryl methyl sites for hydroxylation is 1. The molecule has 0 aliphatic rings. The summed E-state index contributed by atoms with van der Waals surface area (Å²) in [4.78, 5) is 8.87. The van der Waals surface area contributed by atoms with Crippen LogP contribution in [0, 0.1) is 6.92 Å². The number of ether oxygens (including phenoxy) is 3. The van der Waals surface area contributed by atoms with E-state index in [1.165, 1.54) is 0 Å². The fraction of sp³-hybridized carbons (Fsp3) is 0.190. The molecule has 0 atom stereocenters. The van der Waals surface area contributed by atoms with E-state index in [1.807, 2.05) is 47.8 Å². The van der Waals surface area contributed by atoms with E-state index >= 15 is 0 Å². The van der Waals surface area contributed by atoms with Crippen LogP contribution in [0.2, 0.25) is 0 Å². The molecule has 2 heterocycles. The monoisotopic (exact) mass is 409 g/mol. The van der Waals surface area contributed by atoms with Gasteiger partial charge in [-0.05, 0) is 42.5 Å². The van der Waals surface area contributed by atoms with Gasteiger partial charge in [-0.15, -0.1) is 11.3 Å². The molecule has 148 valence electrons. The highest BCUT2D eigenvalue weighted by Gasteiger charge is 2.10. The molecule has 0 aliphatic carbocycles. The van der Waals surface area contributed by atoms with Gasteiger partial charge in [0.25, 0.3) is 0 Å². The van der Waals surface area contributed by atoms with E-state index in [0.717, 1.165) is 27.6 Å². The van der Waals surface area contributed by atoms with Crippen molar-refractivity contribution in [2.75, 3.05) is 14.2 Å². The summed E-state index contributed by atoms with van der Waals surface area (Å²) in [5.41, 5.74) is 2.70. The maximum absolute atomic E-state index is 5.85. The standard InChI is InChI=1S/C21H19N3O4S/c1-13-22-20(24-28-13)14-4-7-17(8-5-14)27-11-16-12-29-21(23-16)15-6-9-18(25-2)19(10-15)26-3/h4-10,12H,11H2,1-3H3. The number of aromatic nitrogens is 3. The van der Waals surface area contributed by atoms with Crippen LogP contribution in [0.3, 0.4) is 0 Å². The van der Waals surface area contributed by atoms with Crippen LogP contribution in [0.4, 0.5) is 0 Å². The van der Waals surface area contributed by atoms with Gasteiger partial charge in [0.15, 0.2) is 11.5 Å². The summed E-state index contributed by atoms with van der Waals surface area (Å²) in [6.45, 7) is 2.14. The van der Waals surface area contributed by atoms with E-state index in [4.69, 9.17) is 18.7 Å². The molecule has 7 nitrogen and oxygen atoms in total. The Bertz CT molecular complexity index is 1110. The maximum Gasteiger partial charge on any atom is 0.223 e. The number of rotatable bonds is 7. The van der Waals surface area contributed by atoms with E-state index in [9.17, 15) is 0 Å². The molecule has 0 spiro atoms. The van der Waals surface area contributed by atoms with Crippen molar-refractivity contribution >= 4 is 11.3 Å². The third-order valence-corrected chi connectivity index (χ3v) is 5.15. The van der Waals surface area contributed by atoms with Gasteiger partial charge in [-0.1, -0.05) is 5.16 Å². The van der Waals surface area contributed by atoms with Gasteiger partial charge in [-0.3, -0.25) is 0 Å². The molecule has 0 N–H and O–H groups in total. The predicted molar refractivity (Wildman–Crippen MR) is 109 cm³/mol. The lowest BCUT2D eigenvalue weighted by Gasteiger charge is -2.08. The van der Waals surface area contributed by atoms with Gasteiger partial charge in [-0.25, -0.2) is 4.98 Å². The van der Waals surface area contributed by atoms with Crippen molar-refractivity contribution in [2.45, 2.75) is 13.5 Å². The molecule has 2 aromatic heterocycles. The summed E-state index contributed by atoms with van der Waals surface area (Å²) in [5.74, 6) is 3.21. The number of nitrogens with zero attached hydrogens (tertiary/aromatic N) is 3. The van der Waals surface area contributed by atoms with Gasteiger partial charge >= 0.3 is 0 Å². The Hall–Kier alpha value is -3.39. The van der Waals surface area contributed by atoms with Crippen LogP contribution in [0.25, 0.3) is 22.0 Å². The van der Waals surface area contributed by atoms with E-state index in [-0.39, 0.29) is 0 Å². The van der Waals surface area contributed by atoms with E-state index in [0.29, 0.717) is 29.8 Å². The molecule has 0 saturated heterocycles. The molecule has 0 aliphatic heterocycles. The summed E-state index contributed by atoms with van der Waals surface area (Å²) in [6, 6.07) is 13.3. The first-order valence-electron chi connectivity index (χ1n) is 8.86. The molecule has 0 amide bonds. The molecule has 8 heteroatoms. The fourth-order valence-electron chi connectivity index (χ4n) is 2.75. The second-order valence-electron chi connectivity index (χ2n) is 6.16. The number of methoxy groups -OCH3 is 2. The van der Waals surface area contributed by atoms with Crippen LogP contribution in [-0.4, -0.2) is 29.3 Å². The molecule has 2 aromatic carbocycles. The lowest BCUT2D eigenvalue weighted by atomic mass is 10.2. The van der Waals surface area contributed by atoms with Crippen molar-refractivity contribution in [3.8, 4) is 39.2 Å². The van der Waals surface area contributed by atoms with Crippen molar-refractivity contribution in [1.82, 2.24) is 15.1 Å². The van der Waals surface area contributed by atoms with Crippen LogP contribution < -0.4 is 14.2 Å². The topological polar surface area (TPSA) is 79.5 Å². The van der Waals surface area contributed by atoms with Gasteiger partial charge in [0, 0.05) is 23.4 Å². The smallest absolute Gasteiger partial charge is 0.223 e. The molecule has 4 aromatic rings. The fourth-order valence-corrected chi connectivity index (χ4v) is 3.55. The Morgan fingerprint density at radius 2 is 1.69 bits per heavy atom. The molecule has 4 rings (SSSR count). The maximum atomic E-state index is 5.85. The second-order valence-corrected chi connectivity index (χ2v) is 7.02. The van der Waals surface area contributed by atoms with Gasteiger partial charge in [0.05, 0.1) is 19.9 Å². The van der Waals surface area contributed by atoms with E-state index in [1.54, 1.807) is 32.5 Å². The van der Waals surface area contributed by atoms with Crippen LogP contribution in [0.1, 0.15) is 11.6 Å². The number of benzene rings is 2. The summed E-state index contributed by atoms with van der Waals surface area (Å²) in [7, 11) is 3.24. The molecule has 29 heavy (non-hydrogen) atoms. The third-order valence-electron chi connectivity index (χ3n) is 4.21. The first-order chi connectivity index (χ1) is 14.2. The Morgan fingerprint density at radius 3 is 2.38 bits per heavy atom. The average molecular weight is 409 g/mol. The lowest BCUT2D eigenvalue weighted by Crippen LogP contribution is -1.96. The summed E-state index contributed by atoms with van der Waals surface area (Å²) in [5, 5.41) is 6.80. The molecular weight excluding hydrogens is 390 g/mol. The van der Waals surface area contributed by atoms with Crippen molar-refractivity contribution in [3.05, 3.63) is 59.4 Å². The molecule has 0 fully saturated rings. The summed E-state index contributed by atoms with van der Waals surface area (Å²) >= 11 is 1.56. The minimum Gasteiger partial charge on any atom is -0.493 e. The Morgan fingerprint density at radius 1 is 0.931 bits per heavy atom. The van der Waals surface area contributed by atoms with Gasteiger partial charge < -0.3 is 18.7 Å². The van der Waals surface area contributed by atoms with Crippen LogP contribution in [0.5, 0.6) is 17.2 Å². The zero-order valence-corrected chi connectivity index (χ0v) is 17.0. The van der Waals surface area contributed by atoms with Crippen molar-refractivity contribution < 1.29 is 18.7 Å². The van der Waals surface area contributed by atoms with E-state index in [2.05, 4.69) is 15.1 Å².